The molecule has 0 saturated heterocycles. The van der Waals surface area contributed by atoms with Gasteiger partial charge in [-0.15, -0.1) is 34.0 Å². The SMILES string of the molecule is Br.Br.CCC[N+](CCC)(CCC)CCC.[Br-]. The van der Waals surface area contributed by atoms with Gasteiger partial charge in [0, 0.05) is 0 Å². The third kappa shape index (κ3) is 10.5. The maximum atomic E-state index is 2.31. The minimum atomic E-state index is 0. The van der Waals surface area contributed by atoms with Crippen LogP contribution < -0.4 is 17.0 Å². The average Bonchev–Trinajstić information content (AvgIpc) is 2.06. The molecule has 0 bridgehead atoms. The van der Waals surface area contributed by atoms with Crippen LogP contribution in [0.1, 0.15) is 53.4 Å². The Morgan fingerprint density at radius 1 is 0.562 bits per heavy atom. The molecule has 0 aromatic carbocycles. The first-order chi connectivity index (χ1) is 6.24. The van der Waals surface area contributed by atoms with Gasteiger partial charge in [0.2, 0.25) is 0 Å². The highest BCUT2D eigenvalue weighted by atomic mass is 79.9. The van der Waals surface area contributed by atoms with Gasteiger partial charge in [-0.2, -0.15) is 0 Å². The maximum Gasteiger partial charge on any atom is 0.0783 e. The van der Waals surface area contributed by atoms with Crippen LogP contribution in [0.3, 0.4) is 0 Å². The summed E-state index contributed by atoms with van der Waals surface area (Å²) in [7, 11) is 0. The molecule has 0 aromatic rings. The van der Waals surface area contributed by atoms with Crippen LogP contribution in [0.25, 0.3) is 0 Å². The summed E-state index contributed by atoms with van der Waals surface area (Å²) in [4.78, 5) is 0. The van der Waals surface area contributed by atoms with Crippen molar-refractivity contribution in [3.05, 3.63) is 0 Å². The zero-order valence-corrected chi connectivity index (χ0v) is 16.3. The third-order valence-corrected chi connectivity index (χ3v) is 2.79. The molecule has 0 N–H and O–H groups in total. The number of halogens is 3. The Labute approximate surface area is 134 Å². The van der Waals surface area contributed by atoms with E-state index >= 15 is 0 Å². The predicted molar refractivity (Wildman–Crippen MR) is 81.5 cm³/mol. The molecular weight excluding hydrogens is 398 g/mol. The molecule has 0 aromatic heterocycles. The quantitative estimate of drug-likeness (QED) is 0.516. The first-order valence-electron chi connectivity index (χ1n) is 6.09. The maximum absolute atomic E-state index is 2.31. The van der Waals surface area contributed by atoms with E-state index in [0.29, 0.717) is 0 Å². The van der Waals surface area contributed by atoms with Crippen LogP contribution in [0.15, 0.2) is 0 Å². The van der Waals surface area contributed by atoms with Gasteiger partial charge in [0.1, 0.15) is 0 Å². The number of hydrogen-bond acceptors (Lipinski definition) is 0. The number of quaternary nitrogens is 1. The van der Waals surface area contributed by atoms with E-state index in [2.05, 4.69) is 27.7 Å². The molecule has 0 heterocycles. The van der Waals surface area contributed by atoms with Crippen molar-refractivity contribution in [1.29, 1.82) is 0 Å². The topological polar surface area (TPSA) is 0 Å². The Morgan fingerprint density at radius 2 is 0.750 bits per heavy atom. The highest BCUT2D eigenvalue weighted by molar-refractivity contribution is 8.93. The van der Waals surface area contributed by atoms with Gasteiger partial charge in [-0.1, -0.05) is 27.7 Å². The Kier molecular flexibility index (Phi) is 26.7. The minimum absolute atomic E-state index is 0. The largest absolute Gasteiger partial charge is 1.00 e. The van der Waals surface area contributed by atoms with Crippen molar-refractivity contribution in [1.82, 2.24) is 0 Å². The van der Waals surface area contributed by atoms with Crippen LogP contribution in [-0.4, -0.2) is 30.7 Å². The second-order valence-electron chi connectivity index (χ2n) is 4.24. The van der Waals surface area contributed by atoms with Crippen molar-refractivity contribution >= 4 is 34.0 Å². The monoisotopic (exact) mass is 425 g/mol. The van der Waals surface area contributed by atoms with Crippen molar-refractivity contribution < 1.29 is 21.5 Å². The fourth-order valence-corrected chi connectivity index (χ4v) is 2.57. The van der Waals surface area contributed by atoms with Gasteiger partial charge in [-0.25, -0.2) is 0 Å². The number of nitrogens with zero attached hydrogens (tertiary/aromatic N) is 1. The molecule has 0 fully saturated rings. The van der Waals surface area contributed by atoms with Crippen LogP contribution in [0.4, 0.5) is 0 Å². The normalized spacial score (nSPS) is 9.75. The molecule has 0 amide bonds. The van der Waals surface area contributed by atoms with Crippen LogP contribution >= 0.6 is 34.0 Å². The van der Waals surface area contributed by atoms with Crippen molar-refractivity contribution in [2.75, 3.05) is 26.2 Å². The molecule has 0 spiro atoms. The second kappa shape index (κ2) is 16.4. The van der Waals surface area contributed by atoms with Crippen molar-refractivity contribution in [3.8, 4) is 0 Å². The molecular formula is C12H30Br3N. The van der Waals surface area contributed by atoms with E-state index in [1.807, 2.05) is 0 Å². The summed E-state index contributed by atoms with van der Waals surface area (Å²) in [5.41, 5.74) is 0. The lowest BCUT2D eigenvalue weighted by molar-refractivity contribution is -0.928. The number of rotatable bonds is 8. The molecule has 104 valence electrons. The van der Waals surface area contributed by atoms with Crippen LogP contribution in [-0.2, 0) is 0 Å². The van der Waals surface area contributed by atoms with E-state index in [1.165, 1.54) is 56.3 Å². The molecule has 16 heavy (non-hydrogen) atoms. The zero-order chi connectivity index (χ0) is 10.2. The predicted octanol–water partition coefficient (Wildman–Crippen LogP) is 1.60. The van der Waals surface area contributed by atoms with Gasteiger partial charge in [0.15, 0.2) is 0 Å². The summed E-state index contributed by atoms with van der Waals surface area (Å²) < 4.78 is 1.38. The van der Waals surface area contributed by atoms with Gasteiger partial charge < -0.3 is 21.5 Å². The lowest BCUT2D eigenvalue weighted by Gasteiger charge is -2.38. The smallest absolute Gasteiger partial charge is 0.0783 e. The second-order valence-corrected chi connectivity index (χ2v) is 4.24. The molecule has 0 aliphatic carbocycles. The van der Waals surface area contributed by atoms with Crippen LogP contribution in [0.5, 0.6) is 0 Å². The highest BCUT2D eigenvalue weighted by Crippen LogP contribution is 2.12. The van der Waals surface area contributed by atoms with Crippen LogP contribution in [0, 0.1) is 0 Å². The standard InChI is InChI=1S/C12H28N.3BrH/c1-5-9-13(10-6-2,11-7-3)12-8-4;;;/h5-12H2,1-4H3;3*1H/q+1;;;/p-1. The Hall–Kier alpha value is 1.40. The zero-order valence-electron chi connectivity index (χ0n) is 11.3. The summed E-state index contributed by atoms with van der Waals surface area (Å²) in [5.74, 6) is 0. The lowest BCUT2D eigenvalue weighted by atomic mass is 10.2. The van der Waals surface area contributed by atoms with Crippen molar-refractivity contribution in [2.24, 2.45) is 0 Å². The van der Waals surface area contributed by atoms with Gasteiger partial charge in [0.05, 0.1) is 26.2 Å². The molecule has 4 heteroatoms. The van der Waals surface area contributed by atoms with Gasteiger partial charge >= 0.3 is 0 Å². The Balaban J connectivity index is -0.000000240. The van der Waals surface area contributed by atoms with Crippen molar-refractivity contribution in [2.45, 2.75) is 53.4 Å². The summed E-state index contributed by atoms with van der Waals surface area (Å²) in [6.07, 6.45) is 5.33. The van der Waals surface area contributed by atoms with E-state index < -0.39 is 0 Å². The van der Waals surface area contributed by atoms with E-state index in [-0.39, 0.29) is 50.9 Å². The lowest BCUT2D eigenvalue weighted by Crippen LogP contribution is -3.00. The number of hydrogen-bond donors (Lipinski definition) is 0. The van der Waals surface area contributed by atoms with Gasteiger partial charge in [-0.3, -0.25) is 0 Å². The Morgan fingerprint density at radius 3 is 0.875 bits per heavy atom. The average molecular weight is 428 g/mol. The van der Waals surface area contributed by atoms with Crippen LogP contribution in [0.2, 0.25) is 0 Å². The fourth-order valence-electron chi connectivity index (χ4n) is 2.57. The molecule has 0 atom stereocenters. The van der Waals surface area contributed by atoms with Gasteiger partial charge in [-0.05, 0) is 25.7 Å². The fraction of sp³-hybridized carbons (Fsp3) is 1.00. The Bertz CT molecular complexity index is 91.3. The highest BCUT2D eigenvalue weighted by Gasteiger charge is 2.22. The molecule has 0 saturated carbocycles. The summed E-state index contributed by atoms with van der Waals surface area (Å²) >= 11 is 0. The summed E-state index contributed by atoms with van der Waals surface area (Å²) in [5, 5.41) is 0. The first kappa shape index (κ1) is 26.1. The van der Waals surface area contributed by atoms with Crippen molar-refractivity contribution in [3.63, 3.8) is 0 Å². The summed E-state index contributed by atoms with van der Waals surface area (Å²) in [6, 6.07) is 0. The molecule has 0 aliphatic heterocycles. The third-order valence-electron chi connectivity index (χ3n) is 2.79. The molecule has 0 rings (SSSR count). The molecule has 1 nitrogen and oxygen atoms in total. The van der Waals surface area contributed by atoms with Gasteiger partial charge in [0.25, 0.3) is 0 Å². The molecule has 0 unspecified atom stereocenters. The van der Waals surface area contributed by atoms with E-state index in [4.69, 9.17) is 0 Å². The van der Waals surface area contributed by atoms with E-state index in [1.54, 1.807) is 0 Å². The minimum Gasteiger partial charge on any atom is -1.00 e. The first-order valence-corrected chi connectivity index (χ1v) is 6.09. The van der Waals surface area contributed by atoms with E-state index in [9.17, 15) is 0 Å². The van der Waals surface area contributed by atoms with E-state index in [0.717, 1.165) is 0 Å². The molecule has 0 aliphatic rings. The summed E-state index contributed by atoms with van der Waals surface area (Å²) in [6.45, 7) is 14.8. The molecule has 0 radical (unpaired) electrons.